The molecule has 0 aromatic heterocycles. The molecule has 0 radical (unpaired) electrons. The van der Waals surface area contributed by atoms with E-state index in [0.717, 1.165) is 24.8 Å². The van der Waals surface area contributed by atoms with E-state index in [2.05, 4.69) is 5.32 Å². The Kier molecular flexibility index (Phi) is 7.30. The number of hydrogen-bond donors (Lipinski definition) is 1. The van der Waals surface area contributed by atoms with Crippen molar-refractivity contribution in [1.82, 2.24) is 10.2 Å². The zero-order valence-corrected chi connectivity index (χ0v) is 16.0. The molecule has 6 heteroatoms. The van der Waals surface area contributed by atoms with Gasteiger partial charge in [-0.25, -0.2) is 9.59 Å². The number of benzene rings is 1. The first-order valence-electron chi connectivity index (χ1n) is 9.26. The molecule has 1 N–H and O–H groups in total. The van der Waals surface area contributed by atoms with Gasteiger partial charge in [-0.05, 0) is 51.5 Å². The Labute approximate surface area is 155 Å². The van der Waals surface area contributed by atoms with Crippen LogP contribution in [0.25, 0.3) is 0 Å². The fraction of sp³-hybridized carbons (Fsp3) is 0.600. The summed E-state index contributed by atoms with van der Waals surface area (Å²) >= 11 is 0. The molecule has 1 aliphatic rings. The lowest BCUT2D eigenvalue weighted by Gasteiger charge is -2.26. The summed E-state index contributed by atoms with van der Waals surface area (Å²) in [6, 6.07) is 9.60. The molecular formula is C20H30N2O4. The Morgan fingerprint density at radius 2 is 1.88 bits per heavy atom. The van der Waals surface area contributed by atoms with Crippen LogP contribution < -0.4 is 5.32 Å². The first-order valence-corrected chi connectivity index (χ1v) is 9.26. The molecule has 0 aliphatic carbocycles. The van der Waals surface area contributed by atoms with Crippen LogP contribution in [0.4, 0.5) is 9.59 Å². The van der Waals surface area contributed by atoms with Crippen molar-refractivity contribution in [1.29, 1.82) is 0 Å². The zero-order chi connectivity index (χ0) is 19.0. The lowest BCUT2D eigenvalue weighted by Crippen LogP contribution is -2.37. The van der Waals surface area contributed by atoms with Crippen molar-refractivity contribution < 1.29 is 19.1 Å². The van der Waals surface area contributed by atoms with Crippen LogP contribution in [0.5, 0.6) is 0 Å². The summed E-state index contributed by atoms with van der Waals surface area (Å²) in [7, 11) is 0. The summed E-state index contributed by atoms with van der Waals surface area (Å²) in [4.78, 5) is 25.8. The van der Waals surface area contributed by atoms with Crippen molar-refractivity contribution in [2.75, 3.05) is 19.6 Å². The van der Waals surface area contributed by atoms with Gasteiger partial charge in [0.2, 0.25) is 0 Å². The van der Waals surface area contributed by atoms with Gasteiger partial charge >= 0.3 is 12.2 Å². The summed E-state index contributed by atoms with van der Waals surface area (Å²) in [5.41, 5.74) is 0.484. The number of likely N-dealkylation sites (tertiary alicyclic amines) is 1. The Balaban J connectivity index is 1.69. The van der Waals surface area contributed by atoms with Crippen molar-refractivity contribution in [2.24, 2.45) is 5.92 Å². The van der Waals surface area contributed by atoms with Crippen molar-refractivity contribution in [2.45, 2.75) is 52.2 Å². The van der Waals surface area contributed by atoms with E-state index in [0.29, 0.717) is 25.6 Å². The third-order valence-corrected chi connectivity index (χ3v) is 4.25. The molecule has 0 saturated carbocycles. The third-order valence-electron chi connectivity index (χ3n) is 4.25. The van der Waals surface area contributed by atoms with Crippen LogP contribution in [0.15, 0.2) is 30.3 Å². The number of carbonyl (C=O) groups is 2. The maximum absolute atomic E-state index is 12.2. The van der Waals surface area contributed by atoms with Gasteiger partial charge in [0.05, 0.1) is 0 Å². The quantitative estimate of drug-likeness (QED) is 0.881. The molecular weight excluding hydrogens is 332 g/mol. The Bertz CT molecular complexity index is 583. The lowest BCUT2D eigenvalue weighted by atomic mass is 10.0. The SMILES string of the molecule is CC(C)(C)OC(=O)N1CCCC(CNC(=O)OCc2ccccc2)CC1. The maximum atomic E-state index is 12.2. The second kappa shape index (κ2) is 9.46. The van der Waals surface area contributed by atoms with Crippen LogP contribution in [0.1, 0.15) is 45.6 Å². The van der Waals surface area contributed by atoms with Gasteiger partial charge in [0.1, 0.15) is 12.2 Å². The van der Waals surface area contributed by atoms with Crippen LogP contribution >= 0.6 is 0 Å². The van der Waals surface area contributed by atoms with Crippen LogP contribution in [0, 0.1) is 5.92 Å². The molecule has 1 saturated heterocycles. The fourth-order valence-corrected chi connectivity index (χ4v) is 2.88. The summed E-state index contributed by atoms with van der Waals surface area (Å²) in [5.74, 6) is 0.340. The highest BCUT2D eigenvalue weighted by Gasteiger charge is 2.25. The van der Waals surface area contributed by atoms with Gasteiger partial charge in [0.15, 0.2) is 0 Å². The molecule has 1 fully saturated rings. The molecule has 6 nitrogen and oxygen atoms in total. The van der Waals surface area contributed by atoms with Crippen LogP contribution in [0.2, 0.25) is 0 Å². The highest BCUT2D eigenvalue weighted by molar-refractivity contribution is 5.68. The average Bonchev–Trinajstić information content (AvgIpc) is 2.83. The molecule has 2 amide bonds. The summed E-state index contributed by atoms with van der Waals surface area (Å²) in [6.07, 6.45) is 2.07. The van der Waals surface area contributed by atoms with Crippen LogP contribution in [0.3, 0.4) is 0 Å². The van der Waals surface area contributed by atoms with Crippen LogP contribution in [-0.2, 0) is 16.1 Å². The largest absolute Gasteiger partial charge is 0.445 e. The number of rotatable bonds is 4. The first kappa shape index (κ1) is 20.1. The molecule has 0 bridgehead atoms. The monoisotopic (exact) mass is 362 g/mol. The van der Waals surface area contributed by atoms with E-state index in [9.17, 15) is 9.59 Å². The van der Waals surface area contributed by atoms with E-state index < -0.39 is 11.7 Å². The third kappa shape index (κ3) is 7.33. The average molecular weight is 362 g/mol. The number of hydrogen-bond acceptors (Lipinski definition) is 4. The standard InChI is InChI=1S/C20H30N2O4/c1-20(2,3)26-19(24)22-12-7-10-16(11-13-22)14-21-18(23)25-15-17-8-5-4-6-9-17/h4-6,8-9,16H,7,10-15H2,1-3H3,(H,21,23). The number of ether oxygens (including phenoxy) is 2. The summed E-state index contributed by atoms with van der Waals surface area (Å²) in [6.45, 7) is 7.80. The molecule has 1 atom stereocenters. The van der Waals surface area contributed by atoms with Gasteiger partial charge in [-0.15, -0.1) is 0 Å². The molecule has 1 heterocycles. The molecule has 0 spiro atoms. The molecule has 26 heavy (non-hydrogen) atoms. The first-order chi connectivity index (χ1) is 12.3. The van der Waals surface area contributed by atoms with Crippen molar-refractivity contribution in [3.63, 3.8) is 0 Å². The van der Waals surface area contributed by atoms with Crippen LogP contribution in [-0.4, -0.2) is 42.3 Å². The Hall–Kier alpha value is -2.24. The van der Waals surface area contributed by atoms with Crippen molar-refractivity contribution >= 4 is 12.2 Å². The zero-order valence-electron chi connectivity index (χ0n) is 16.0. The van der Waals surface area contributed by atoms with Gasteiger partial charge < -0.3 is 19.7 Å². The molecule has 144 valence electrons. The molecule has 1 unspecified atom stereocenters. The van der Waals surface area contributed by atoms with Gasteiger partial charge in [-0.1, -0.05) is 30.3 Å². The topological polar surface area (TPSA) is 67.9 Å². The maximum Gasteiger partial charge on any atom is 0.410 e. The number of carbonyl (C=O) groups excluding carboxylic acids is 2. The number of amides is 2. The molecule has 2 rings (SSSR count). The second-order valence-corrected chi connectivity index (χ2v) is 7.71. The van der Waals surface area contributed by atoms with E-state index in [-0.39, 0.29) is 12.7 Å². The second-order valence-electron chi connectivity index (χ2n) is 7.71. The van der Waals surface area contributed by atoms with Gasteiger partial charge in [0, 0.05) is 19.6 Å². The molecule has 1 aromatic rings. The highest BCUT2D eigenvalue weighted by Crippen LogP contribution is 2.19. The summed E-state index contributed by atoms with van der Waals surface area (Å²) < 4.78 is 10.7. The highest BCUT2D eigenvalue weighted by atomic mass is 16.6. The van der Waals surface area contributed by atoms with Crippen molar-refractivity contribution in [3.8, 4) is 0 Å². The normalized spacial score (nSPS) is 18.0. The molecule has 1 aliphatic heterocycles. The van der Waals surface area contributed by atoms with E-state index in [1.165, 1.54) is 0 Å². The smallest absolute Gasteiger partial charge is 0.410 e. The van der Waals surface area contributed by atoms with Gasteiger partial charge in [0.25, 0.3) is 0 Å². The number of nitrogens with zero attached hydrogens (tertiary/aromatic N) is 1. The van der Waals surface area contributed by atoms with Gasteiger partial charge in [-0.3, -0.25) is 0 Å². The molecule has 1 aromatic carbocycles. The Morgan fingerprint density at radius 3 is 2.58 bits per heavy atom. The summed E-state index contributed by atoms with van der Waals surface area (Å²) in [5, 5.41) is 2.84. The predicted molar refractivity (Wildman–Crippen MR) is 99.8 cm³/mol. The minimum Gasteiger partial charge on any atom is -0.445 e. The van der Waals surface area contributed by atoms with Crippen molar-refractivity contribution in [3.05, 3.63) is 35.9 Å². The predicted octanol–water partition coefficient (Wildman–Crippen LogP) is 3.95. The van der Waals surface area contributed by atoms with Gasteiger partial charge in [-0.2, -0.15) is 0 Å². The van der Waals surface area contributed by atoms with E-state index in [4.69, 9.17) is 9.47 Å². The van der Waals surface area contributed by atoms with E-state index in [1.807, 2.05) is 51.1 Å². The number of nitrogens with one attached hydrogen (secondary N) is 1. The Morgan fingerprint density at radius 1 is 1.15 bits per heavy atom. The van der Waals surface area contributed by atoms with E-state index in [1.54, 1.807) is 4.90 Å². The number of alkyl carbamates (subject to hydrolysis) is 1. The van der Waals surface area contributed by atoms with E-state index >= 15 is 0 Å². The minimum absolute atomic E-state index is 0.256. The lowest BCUT2D eigenvalue weighted by molar-refractivity contribution is 0.0255. The minimum atomic E-state index is -0.479. The fourth-order valence-electron chi connectivity index (χ4n) is 2.88.